The normalized spacial score (nSPS) is 11.2. The fourth-order valence-corrected chi connectivity index (χ4v) is 2.59. The number of fused-ring (bicyclic) bond motifs is 1. The Balaban J connectivity index is 1.91. The molecule has 0 aliphatic heterocycles. The molecule has 0 aromatic carbocycles. The van der Waals surface area contributed by atoms with Gasteiger partial charge < -0.3 is 5.32 Å². The van der Waals surface area contributed by atoms with E-state index in [2.05, 4.69) is 24.1 Å². The van der Waals surface area contributed by atoms with Gasteiger partial charge in [-0.15, -0.1) is 11.3 Å². The SMILES string of the molecule is CC(C)CCNC(=O)CCn1cnc2sccc2c1=O. The first-order chi connectivity index (χ1) is 9.58. The Morgan fingerprint density at radius 3 is 3.05 bits per heavy atom. The first kappa shape index (κ1) is 14.7. The molecule has 1 amide bonds. The second kappa shape index (κ2) is 6.65. The average molecular weight is 293 g/mol. The third kappa shape index (κ3) is 3.66. The summed E-state index contributed by atoms with van der Waals surface area (Å²) in [5.74, 6) is 0.547. The molecule has 0 fully saturated rings. The molecule has 0 spiro atoms. The average Bonchev–Trinajstić information content (AvgIpc) is 2.86. The Hall–Kier alpha value is -1.69. The summed E-state index contributed by atoms with van der Waals surface area (Å²) in [5.41, 5.74) is -0.0776. The standard InChI is InChI=1S/C14H19N3O2S/c1-10(2)3-6-15-12(18)4-7-17-9-16-13-11(14(17)19)5-8-20-13/h5,8-10H,3-4,6-7H2,1-2H3,(H,15,18). The van der Waals surface area contributed by atoms with E-state index in [0.717, 1.165) is 11.3 Å². The predicted octanol–water partition coefficient (Wildman–Crippen LogP) is 2.01. The summed E-state index contributed by atoms with van der Waals surface area (Å²) in [5, 5.41) is 5.34. The highest BCUT2D eigenvalue weighted by molar-refractivity contribution is 7.16. The summed E-state index contributed by atoms with van der Waals surface area (Å²) in [6.07, 6.45) is 2.78. The lowest BCUT2D eigenvalue weighted by atomic mass is 10.1. The van der Waals surface area contributed by atoms with E-state index in [4.69, 9.17) is 0 Å². The molecular formula is C14H19N3O2S. The topological polar surface area (TPSA) is 64.0 Å². The number of nitrogens with zero attached hydrogens (tertiary/aromatic N) is 2. The van der Waals surface area contributed by atoms with Crippen LogP contribution in [0, 0.1) is 5.92 Å². The lowest BCUT2D eigenvalue weighted by molar-refractivity contribution is -0.121. The summed E-state index contributed by atoms with van der Waals surface area (Å²) in [6, 6.07) is 1.77. The second-order valence-electron chi connectivity index (χ2n) is 5.17. The smallest absolute Gasteiger partial charge is 0.262 e. The molecule has 6 heteroatoms. The Morgan fingerprint density at radius 2 is 2.30 bits per heavy atom. The molecule has 2 rings (SSSR count). The van der Waals surface area contributed by atoms with E-state index in [9.17, 15) is 9.59 Å². The van der Waals surface area contributed by atoms with Gasteiger partial charge in [0.1, 0.15) is 4.83 Å². The molecule has 2 aromatic heterocycles. The van der Waals surface area contributed by atoms with Crippen LogP contribution in [0.3, 0.4) is 0 Å². The molecule has 0 aliphatic carbocycles. The quantitative estimate of drug-likeness (QED) is 0.886. The third-order valence-electron chi connectivity index (χ3n) is 3.07. The zero-order valence-electron chi connectivity index (χ0n) is 11.8. The second-order valence-corrected chi connectivity index (χ2v) is 6.06. The number of carbonyl (C=O) groups is 1. The number of nitrogens with one attached hydrogen (secondary N) is 1. The minimum atomic E-state index is -0.0776. The summed E-state index contributed by atoms with van der Waals surface area (Å²) in [6.45, 7) is 5.29. The third-order valence-corrected chi connectivity index (χ3v) is 3.89. The fourth-order valence-electron chi connectivity index (χ4n) is 1.86. The first-order valence-electron chi connectivity index (χ1n) is 6.77. The number of hydrogen-bond acceptors (Lipinski definition) is 4. The van der Waals surface area contributed by atoms with Crippen molar-refractivity contribution in [3.63, 3.8) is 0 Å². The summed E-state index contributed by atoms with van der Waals surface area (Å²) >= 11 is 1.44. The number of aryl methyl sites for hydroxylation is 1. The van der Waals surface area contributed by atoms with Crippen LogP contribution in [0.4, 0.5) is 0 Å². The predicted molar refractivity (Wildman–Crippen MR) is 81.0 cm³/mol. The maximum atomic E-state index is 12.1. The van der Waals surface area contributed by atoms with Crippen molar-refractivity contribution in [1.29, 1.82) is 0 Å². The Kier molecular flexibility index (Phi) is 4.89. The zero-order chi connectivity index (χ0) is 14.5. The lowest BCUT2D eigenvalue weighted by Gasteiger charge is -2.08. The van der Waals surface area contributed by atoms with Gasteiger partial charge in [0.25, 0.3) is 5.56 Å². The molecule has 1 N–H and O–H groups in total. The molecule has 0 unspecified atom stereocenters. The van der Waals surface area contributed by atoms with E-state index in [1.54, 1.807) is 6.07 Å². The van der Waals surface area contributed by atoms with E-state index in [0.29, 0.717) is 30.8 Å². The molecule has 0 aliphatic rings. The van der Waals surface area contributed by atoms with Crippen molar-refractivity contribution in [2.45, 2.75) is 33.2 Å². The lowest BCUT2D eigenvalue weighted by Crippen LogP contribution is -2.28. The highest BCUT2D eigenvalue weighted by Crippen LogP contribution is 2.13. The maximum absolute atomic E-state index is 12.1. The highest BCUT2D eigenvalue weighted by atomic mass is 32.1. The Morgan fingerprint density at radius 1 is 1.50 bits per heavy atom. The summed E-state index contributed by atoms with van der Waals surface area (Å²) in [7, 11) is 0. The number of aromatic nitrogens is 2. The molecular weight excluding hydrogens is 274 g/mol. The molecule has 0 atom stereocenters. The number of hydrogen-bond donors (Lipinski definition) is 1. The number of thiophene rings is 1. The zero-order valence-corrected chi connectivity index (χ0v) is 12.6. The van der Waals surface area contributed by atoms with Crippen molar-refractivity contribution < 1.29 is 4.79 Å². The van der Waals surface area contributed by atoms with Crippen LogP contribution in [-0.4, -0.2) is 22.0 Å². The Labute approximate surface area is 121 Å². The van der Waals surface area contributed by atoms with Crippen molar-refractivity contribution in [3.8, 4) is 0 Å². The molecule has 5 nitrogen and oxygen atoms in total. The van der Waals surface area contributed by atoms with Gasteiger partial charge in [-0.2, -0.15) is 0 Å². The van der Waals surface area contributed by atoms with Crippen LogP contribution >= 0.6 is 11.3 Å². The maximum Gasteiger partial charge on any atom is 0.262 e. The molecule has 0 radical (unpaired) electrons. The van der Waals surface area contributed by atoms with E-state index in [1.165, 1.54) is 22.2 Å². The summed E-state index contributed by atoms with van der Waals surface area (Å²) < 4.78 is 1.50. The van der Waals surface area contributed by atoms with Gasteiger partial charge in [0.15, 0.2) is 0 Å². The van der Waals surface area contributed by atoms with E-state index < -0.39 is 0 Å². The van der Waals surface area contributed by atoms with Gasteiger partial charge in [-0.1, -0.05) is 13.8 Å². The molecule has 0 bridgehead atoms. The van der Waals surface area contributed by atoms with Gasteiger partial charge in [-0.05, 0) is 23.8 Å². The van der Waals surface area contributed by atoms with Crippen molar-refractivity contribution in [2.75, 3.05) is 6.54 Å². The van der Waals surface area contributed by atoms with Crippen LogP contribution in [0.1, 0.15) is 26.7 Å². The van der Waals surface area contributed by atoms with E-state index >= 15 is 0 Å². The van der Waals surface area contributed by atoms with Crippen molar-refractivity contribution in [3.05, 3.63) is 28.1 Å². The summed E-state index contributed by atoms with van der Waals surface area (Å²) in [4.78, 5) is 28.7. The van der Waals surface area contributed by atoms with Gasteiger partial charge in [0, 0.05) is 19.5 Å². The highest BCUT2D eigenvalue weighted by Gasteiger charge is 2.07. The molecule has 20 heavy (non-hydrogen) atoms. The Bertz CT molecular complexity index is 645. The van der Waals surface area contributed by atoms with Gasteiger partial charge in [-0.25, -0.2) is 4.98 Å². The molecule has 2 aromatic rings. The van der Waals surface area contributed by atoms with Gasteiger partial charge >= 0.3 is 0 Å². The van der Waals surface area contributed by atoms with Gasteiger partial charge in [-0.3, -0.25) is 14.2 Å². The van der Waals surface area contributed by atoms with Crippen LogP contribution in [0.15, 0.2) is 22.6 Å². The van der Waals surface area contributed by atoms with Gasteiger partial charge in [0.2, 0.25) is 5.91 Å². The number of carbonyl (C=O) groups excluding carboxylic acids is 1. The van der Waals surface area contributed by atoms with Crippen molar-refractivity contribution >= 4 is 27.5 Å². The van der Waals surface area contributed by atoms with Gasteiger partial charge in [0.05, 0.1) is 11.7 Å². The van der Waals surface area contributed by atoms with E-state index in [1.807, 2.05) is 5.38 Å². The van der Waals surface area contributed by atoms with Crippen LogP contribution in [0.2, 0.25) is 0 Å². The molecule has 2 heterocycles. The van der Waals surface area contributed by atoms with Crippen LogP contribution in [0.25, 0.3) is 10.2 Å². The molecule has 0 saturated heterocycles. The van der Waals surface area contributed by atoms with Crippen LogP contribution in [0.5, 0.6) is 0 Å². The number of rotatable bonds is 6. The molecule has 0 saturated carbocycles. The minimum Gasteiger partial charge on any atom is -0.356 e. The first-order valence-corrected chi connectivity index (χ1v) is 7.65. The van der Waals surface area contributed by atoms with E-state index in [-0.39, 0.29) is 11.5 Å². The van der Waals surface area contributed by atoms with Crippen LogP contribution in [-0.2, 0) is 11.3 Å². The molecule has 108 valence electrons. The minimum absolute atomic E-state index is 0.0250. The largest absolute Gasteiger partial charge is 0.356 e. The fraction of sp³-hybridized carbons (Fsp3) is 0.500. The van der Waals surface area contributed by atoms with Crippen molar-refractivity contribution in [1.82, 2.24) is 14.9 Å². The number of amides is 1. The van der Waals surface area contributed by atoms with Crippen LogP contribution < -0.4 is 10.9 Å². The monoisotopic (exact) mass is 293 g/mol. The van der Waals surface area contributed by atoms with Crippen molar-refractivity contribution in [2.24, 2.45) is 5.92 Å².